The van der Waals surface area contributed by atoms with Crippen LogP contribution in [0.5, 0.6) is 0 Å². The van der Waals surface area contributed by atoms with E-state index in [9.17, 15) is 9.59 Å². The predicted octanol–water partition coefficient (Wildman–Crippen LogP) is 2.77. The molecule has 1 aliphatic carbocycles. The minimum Gasteiger partial charge on any atom is -0.455 e. The van der Waals surface area contributed by atoms with E-state index in [1.54, 1.807) is 11.3 Å². The SMILES string of the molecule is C[C@H]1[C@@H](C)CCC[C@H]1NC(=O)COC(=O)Cc1ccsc1. The van der Waals surface area contributed by atoms with Crippen LogP contribution in [-0.2, 0) is 20.7 Å². The Morgan fingerprint density at radius 3 is 2.90 bits per heavy atom. The highest BCUT2D eigenvalue weighted by atomic mass is 32.1. The van der Waals surface area contributed by atoms with Crippen molar-refractivity contribution in [3.63, 3.8) is 0 Å². The third-order valence-corrected chi connectivity index (χ3v) is 5.08. The molecule has 0 saturated heterocycles. The fourth-order valence-electron chi connectivity index (χ4n) is 2.79. The van der Waals surface area contributed by atoms with Gasteiger partial charge in [-0.1, -0.05) is 26.7 Å². The lowest BCUT2D eigenvalue weighted by molar-refractivity contribution is -0.148. The van der Waals surface area contributed by atoms with Crippen molar-refractivity contribution in [3.05, 3.63) is 22.4 Å². The molecule has 1 N–H and O–H groups in total. The van der Waals surface area contributed by atoms with Gasteiger partial charge in [0.05, 0.1) is 6.42 Å². The summed E-state index contributed by atoms with van der Waals surface area (Å²) in [6, 6.07) is 2.09. The Bertz CT molecular complexity index is 472. The van der Waals surface area contributed by atoms with Gasteiger partial charge in [0.25, 0.3) is 5.91 Å². The maximum atomic E-state index is 11.9. The average Bonchev–Trinajstić information content (AvgIpc) is 2.94. The number of nitrogens with one attached hydrogen (secondary N) is 1. The van der Waals surface area contributed by atoms with Crippen LogP contribution in [0, 0.1) is 11.8 Å². The molecule has 0 bridgehead atoms. The van der Waals surface area contributed by atoms with E-state index in [2.05, 4.69) is 19.2 Å². The van der Waals surface area contributed by atoms with E-state index in [-0.39, 0.29) is 30.9 Å². The molecule has 4 nitrogen and oxygen atoms in total. The topological polar surface area (TPSA) is 55.4 Å². The Kier molecular flexibility index (Phi) is 5.79. The Morgan fingerprint density at radius 1 is 1.38 bits per heavy atom. The van der Waals surface area contributed by atoms with Crippen LogP contribution in [0.1, 0.15) is 38.7 Å². The number of esters is 1. The van der Waals surface area contributed by atoms with Crippen LogP contribution in [0.3, 0.4) is 0 Å². The molecule has 0 unspecified atom stereocenters. The summed E-state index contributed by atoms with van der Waals surface area (Å²) in [7, 11) is 0. The van der Waals surface area contributed by atoms with Crippen molar-refractivity contribution in [3.8, 4) is 0 Å². The number of thiophene rings is 1. The Balaban J connectivity index is 1.70. The van der Waals surface area contributed by atoms with Crippen molar-refractivity contribution in [1.82, 2.24) is 5.32 Å². The molecule has 1 saturated carbocycles. The van der Waals surface area contributed by atoms with Gasteiger partial charge < -0.3 is 10.1 Å². The molecule has 1 aliphatic rings. The van der Waals surface area contributed by atoms with Gasteiger partial charge in [0.2, 0.25) is 0 Å². The lowest BCUT2D eigenvalue weighted by Crippen LogP contribution is -2.45. The first-order chi connectivity index (χ1) is 10.1. The fraction of sp³-hybridized carbons (Fsp3) is 0.625. The van der Waals surface area contributed by atoms with E-state index in [1.165, 1.54) is 6.42 Å². The van der Waals surface area contributed by atoms with Gasteiger partial charge in [-0.2, -0.15) is 11.3 Å². The molecule has 3 atom stereocenters. The summed E-state index contributed by atoms with van der Waals surface area (Å²) in [6.45, 7) is 4.22. The van der Waals surface area contributed by atoms with Crippen molar-refractivity contribution < 1.29 is 14.3 Å². The van der Waals surface area contributed by atoms with Crippen LogP contribution >= 0.6 is 11.3 Å². The molecule has 5 heteroatoms. The number of ether oxygens (including phenoxy) is 1. The van der Waals surface area contributed by atoms with Crippen molar-refractivity contribution >= 4 is 23.2 Å². The third-order valence-electron chi connectivity index (χ3n) is 4.35. The van der Waals surface area contributed by atoms with Crippen molar-refractivity contribution in [2.45, 2.75) is 45.6 Å². The number of rotatable bonds is 5. The van der Waals surface area contributed by atoms with E-state index in [0.29, 0.717) is 11.8 Å². The van der Waals surface area contributed by atoms with Gasteiger partial charge in [-0.3, -0.25) is 9.59 Å². The zero-order valence-electron chi connectivity index (χ0n) is 12.6. The minimum absolute atomic E-state index is 0.180. The highest BCUT2D eigenvalue weighted by molar-refractivity contribution is 7.07. The van der Waals surface area contributed by atoms with Gasteiger partial charge in [0, 0.05) is 6.04 Å². The first kappa shape index (κ1) is 16.0. The maximum absolute atomic E-state index is 11.9. The van der Waals surface area contributed by atoms with Crippen molar-refractivity contribution in [2.75, 3.05) is 6.61 Å². The zero-order valence-corrected chi connectivity index (χ0v) is 13.4. The Hall–Kier alpha value is -1.36. The van der Waals surface area contributed by atoms with Crippen LogP contribution in [0.4, 0.5) is 0 Å². The molecular weight excluding hydrogens is 286 g/mol. The Morgan fingerprint density at radius 2 is 2.19 bits per heavy atom. The molecule has 1 amide bonds. The monoisotopic (exact) mass is 309 g/mol. The highest BCUT2D eigenvalue weighted by Gasteiger charge is 2.28. The molecule has 21 heavy (non-hydrogen) atoms. The number of amides is 1. The number of hydrogen-bond donors (Lipinski definition) is 1. The van der Waals surface area contributed by atoms with E-state index in [0.717, 1.165) is 18.4 Å². The molecule has 2 rings (SSSR count). The number of hydrogen-bond acceptors (Lipinski definition) is 4. The van der Waals surface area contributed by atoms with Crippen molar-refractivity contribution in [1.29, 1.82) is 0 Å². The maximum Gasteiger partial charge on any atom is 0.310 e. The normalized spacial score (nSPS) is 25.3. The molecule has 0 aromatic carbocycles. The van der Waals surface area contributed by atoms with Gasteiger partial charge >= 0.3 is 5.97 Å². The van der Waals surface area contributed by atoms with Crippen molar-refractivity contribution in [2.24, 2.45) is 11.8 Å². The second-order valence-electron chi connectivity index (χ2n) is 5.91. The van der Waals surface area contributed by atoms with Crippen LogP contribution < -0.4 is 5.32 Å². The molecule has 116 valence electrons. The summed E-state index contributed by atoms with van der Waals surface area (Å²) in [5.41, 5.74) is 0.931. The molecular formula is C16H23NO3S. The molecule has 0 aliphatic heterocycles. The predicted molar refractivity (Wildman–Crippen MR) is 83.1 cm³/mol. The highest BCUT2D eigenvalue weighted by Crippen LogP contribution is 2.29. The molecule has 0 spiro atoms. The van der Waals surface area contributed by atoms with Crippen LogP contribution in [0.2, 0.25) is 0 Å². The number of carbonyl (C=O) groups is 2. The zero-order chi connectivity index (χ0) is 15.2. The first-order valence-corrected chi connectivity index (χ1v) is 8.46. The first-order valence-electron chi connectivity index (χ1n) is 7.52. The largest absolute Gasteiger partial charge is 0.455 e. The van der Waals surface area contributed by atoms with Gasteiger partial charge in [0.15, 0.2) is 6.61 Å². The van der Waals surface area contributed by atoms with E-state index in [1.807, 2.05) is 16.8 Å². The molecule has 0 radical (unpaired) electrons. The quantitative estimate of drug-likeness (QED) is 0.851. The fourth-order valence-corrected chi connectivity index (χ4v) is 3.46. The molecule has 1 heterocycles. The van der Waals surface area contributed by atoms with E-state index in [4.69, 9.17) is 4.74 Å². The lowest BCUT2D eigenvalue weighted by atomic mass is 9.78. The van der Waals surface area contributed by atoms with Crippen LogP contribution in [0.25, 0.3) is 0 Å². The molecule has 1 fully saturated rings. The molecule has 1 aromatic heterocycles. The summed E-state index contributed by atoms with van der Waals surface area (Å²) in [5.74, 6) is 0.558. The summed E-state index contributed by atoms with van der Waals surface area (Å²) in [4.78, 5) is 23.5. The second kappa shape index (κ2) is 7.59. The average molecular weight is 309 g/mol. The standard InChI is InChI=1S/C16H23NO3S/c1-11-4-3-5-14(12(11)2)17-15(18)9-20-16(19)8-13-6-7-21-10-13/h6-7,10-12,14H,3-5,8-9H2,1-2H3,(H,17,18)/t11-,12-,14+/m0/s1. The summed E-state index contributed by atoms with van der Waals surface area (Å²) < 4.78 is 5.03. The summed E-state index contributed by atoms with van der Waals surface area (Å²) in [5, 5.41) is 6.83. The van der Waals surface area contributed by atoms with Gasteiger partial charge in [-0.15, -0.1) is 0 Å². The molecule has 1 aromatic rings. The van der Waals surface area contributed by atoms with Gasteiger partial charge in [-0.25, -0.2) is 0 Å². The Labute approximate surface area is 129 Å². The summed E-state index contributed by atoms with van der Waals surface area (Å²) >= 11 is 1.54. The second-order valence-corrected chi connectivity index (χ2v) is 6.69. The summed E-state index contributed by atoms with van der Waals surface area (Å²) in [6.07, 6.45) is 3.62. The lowest BCUT2D eigenvalue weighted by Gasteiger charge is -2.34. The van der Waals surface area contributed by atoms with Gasteiger partial charge in [0.1, 0.15) is 0 Å². The van der Waals surface area contributed by atoms with Gasteiger partial charge in [-0.05, 0) is 40.6 Å². The smallest absolute Gasteiger partial charge is 0.310 e. The van der Waals surface area contributed by atoms with Crippen LogP contribution in [-0.4, -0.2) is 24.5 Å². The van der Waals surface area contributed by atoms with Crippen LogP contribution in [0.15, 0.2) is 16.8 Å². The third kappa shape index (κ3) is 4.84. The van der Waals surface area contributed by atoms with E-state index >= 15 is 0 Å². The number of carbonyl (C=O) groups excluding carboxylic acids is 2. The minimum atomic E-state index is -0.353. The van der Waals surface area contributed by atoms with E-state index < -0.39 is 0 Å².